The van der Waals surface area contributed by atoms with Crippen molar-refractivity contribution in [3.8, 4) is 0 Å². The van der Waals surface area contributed by atoms with Gasteiger partial charge in [-0.1, -0.05) is 6.07 Å². The lowest BCUT2D eigenvalue weighted by molar-refractivity contribution is 0.0428. The molecule has 6 heteroatoms. The van der Waals surface area contributed by atoms with E-state index in [4.69, 9.17) is 9.47 Å². The molecule has 0 aliphatic heterocycles. The quantitative estimate of drug-likeness (QED) is 0.767. The molecule has 6 nitrogen and oxygen atoms in total. The lowest BCUT2D eigenvalue weighted by atomic mass is 10.2. The standard InChI is InChI=1S/C17H26N2O4/c1-11-9-12(2)13(18-10-11)19(14(20)22-16(3,4)5)15(21)23-17(6,7)8/h9-10H,1-8H3. The van der Waals surface area contributed by atoms with E-state index in [1.807, 2.05) is 13.0 Å². The zero-order valence-electron chi connectivity index (χ0n) is 15.2. The zero-order chi connectivity index (χ0) is 18.0. The van der Waals surface area contributed by atoms with E-state index in [0.717, 1.165) is 10.5 Å². The summed E-state index contributed by atoms with van der Waals surface area (Å²) in [5.74, 6) is 0.208. The predicted molar refractivity (Wildman–Crippen MR) is 88.7 cm³/mol. The van der Waals surface area contributed by atoms with E-state index in [0.29, 0.717) is 5.56 Å². The molecule has 0 unspecified atom stereocenters. The maximum absolute atomic E-state index is 12.5. The minimum Gasteiger partial charge on any atom is -0.443 e. The number of pyridine rings is 1. The van der Waals surface area contributed by atoms with E-state index in [9.17, 15) is 9.59 Å². The number of rotatable bonds is 1. The first-order chi connectivity index (χ1) is 10.3. The van der Waals surface area contributed by atoms with E-state index in [2.05, 4.69) is 4.98 Å². The second-order valence-corrected chi connectivity index (χ2v) is 7.45. The Balaban J connectivity index is 3.25. The van der Waals surface area contributed by atoms with Crippen LogP contribution in [0.2, 0.25) is 0 Å². The number of aryl methyl sites for hydroxylation is 2. The van der Waals surface area contributed by atoms with Gasteiger partial charge in [-0.05, 0) is 66.5 Å². The average molecular weight is 322 g/mol. The highest BCUT2D eigenvalue weighted by molar-refractivity contribution is 6.09. The van der Waals surface area contributed by atoms with Crippen molar-refractivity contribution >= 4 is 18.0 Å². The first-order valence-corrected chi connectivity index (χ1v) is 7.49. The molecule has 0 saturated heterocycles. The van der Waals surface area contributed by atoms with Crippen LogP contribution in [0.1, 0.15) is 52.7 Å². The third-order valence-electron chi connectivity index (χ3n) is 2.55. The summed E-state index contributed by atoms with van der Waals surface area (Å²) in [6.45, 7) is 14.0. The SMILES string of the molecule is Cc1cnc(N(C(=O)OC(C)(C)C)C(=O)OC(C)(C)C)c(C)c1. The molecule has 0 radical (unpaired) electrons. The second-order valence-electron chi connectivity index (χ2n) is 7.45. The zero-order valence-corrected chi connectivity index (χ0v) is 15.2. The highest BCUT2D eigenvalue weighted by Crippen LogP contribution is 2.23. The molecule has 2 amide bonds. The summed E-state index contributed by atoms with van der Waals surface area (Å²) in [6.07, 6.45) is -0.0400. The van der Waals surface area contributed by atoms with Gasteiger partial charge in [0.25, 0.3) is 0 Å². The molecule has 0 bridgehead atoms. The number of aromatic nitrogens is 1. The number of ether oxygens (including phenoxy) is 2. The summed E-state index contributed by atoms with van der Waals surface area (Å²) in [7, 11) is 0. The number of hydrogen-bond donors (Lipinski definition) is 0. The van der Waals surface area contributed by atoms with E-state index in [-0.39, 0.29) is 5.82 Å². The Labute approximate surface area is 137 Å². The Hall–Kier alpha value is -2.11. The molecule has 1 rings (SSSR count). The Bertz CT molecular complexity index is 570. The summed E-state index contributed by atoms with van der Waals surface area (Å²) >= 11 is 0. The van der Waals surface area contributed by atoms with E-state index in [1.165, 1.54) is 0 Å². The fourth-order valence-electron chi connectivity index (χ4n) is 1.80. The van der Waals surface area contributed by atoms with Gasteiger partial charge in [-0.2, -0.15) is 4.90 Å². The number of nitrogens with zero attached hydrogens (tertiary/aromatic N) is 2. The first kappa shape index (κ1) is 18.9. The first-order valence-electron chi connectivity index (χ1n) is 7.49. The molecule has 128 valence electrons. The van der Waals surface area contributed by atoms with Gasteiger partial charge in [-0.25, -0.2) is 14.6 Å². The van der Waals surface area contributed by atoms with E-state index < -0.39 is 23.4 Å². The molecular formula is C17H26N2O4. The van der Waals surface area contributed by atoms with Gasteiger partial charge in [0.2, 0.25) is 0 Å². The monoisotopic (exact) mass is 322 g/mol. The molecule has 1 aromatic heterocycles. The molecule has 0 aromatic carbocycles. The van der Waals surface area contributed by atoms with Gasteiger partial charge in [-0.15, -0.1) is 0 Å². The number of amides is 2. The summed E-state index contributed by atoms with van der Waals surface area (Å²) in [5.41, 5.74) is 0.132. The van der Waals surface area contributed by atoms with Crippen molar-refractivity contribution in [1.29, 1.82) is 0 Å². The van der Waals surface area contributed by atoms with Crippen LogP contribution < -0.4 is 4.90 Å². The van der Waals surface area contributed by atoms with Crippen molar-refractivity contribution < 1.29 is 19.1 Å². The van der Waals surface area contributed by atoms with Crippen molar-refractivity contribution in [3.05, 3.63) is 23.4 Å². The Kier molecular flexibility index (Phi) is 5.40. The van der Waals surface area contributed by atoms with Gasteiger partial charge < -0.3 is 9.47 Å². The molecule has 0 fully saturated rings. The molecule has 0 spiro atoms. The smallest absolute Gasteiger partial charge is 0.425 e. The van der Waals surface area contributed by atoms with Crippen LogP contribution in [0.25, 0.3) is 0 Å². The lowest BCUT2D eigenvalue weighted by Gasteiger charge is -2.28. The van der Waals surface area contributed by atoms with Gasteiger partial charge in [0.15, 0.2) is 5.82 Å². The summed E-state index contributed by atoms with van der Waals surface area (Å²) < 4.78 is 10.6. The average Bonchev–Trinajstić information content (AvgIpc) is 2.27. The van der Waals surface area contributed by atoms with Gasteiger partial charge >= 0.3 is 12.2 Å². The van der Waals surface area contributed by atoms with Crippen LogP contribution >= 0.6 is 0 Å². The van der Waals surface area contributed by atoms with Crippen LogP contribution in [0.4, 0.5) is 15.4 Å². The molecule has 1 aromatic rings. The fraction of sp³-hybridized carbons (Fsp3) is 0.588. The van der Waals surface area contributed by atoms with Crippen LogP contribution in [0.15, 0.2) is 12.3 Å². The molecule has 0 aliphatic carbocycles. The van der Waals surface area contributed by atoms with Crippen molar-refractivity contribution in [2.24, 2.45) is 0 Å². The van der Waals surface area contributed by atoms with Crippen LogP contribution in [-0.2, 0) is 9.47 Å². The van der Waals surface area contributed by atoms with Crippen molar-refractivity contribution in [3.63, 3.8) is 0 Å². The van der Waals surface area contributed by atoms with Crippen molar-refractivity contribution in [2.45, 2.75) is 66.6 Å². The van der Waals surface area contributed by atoms with Gasteiger partial charge in [0.05, 0.1) is 0 Å². The molecule has 23 heavy (non-hydrogen) atoms. The molecule has 0 saturated carbocycles. The summed E-state index contributed by atoms with van der Waals surface area (Å²) in [5, 5.41) is 0. The fourth-order valence-corrected chi connectivity index (χ4v) is 1.80. The predicted octanol–water partition coefficient (Wildman–Crippen LogP) is 4.38. The normalized spacial score (nSPS) is 11.8. The van der Waals surface area contributed by atoms with Crippen molar-refractivity contribution in [1.82, 2.24) is 4.98 Å². The third kappa shape index (κ3) is 5.88. The van der Waals surface area contributed by atoms with Gasteiger partial charge in [0, 0.05) is 6.20 Å². The van der Waals surface area contributed by atoms with Crippen LogP contribution in [0.5, 0.6) is 0 Å². The Morgan fingerprint density at radius 2 is 1.39 bits per heavy atom. The molecule has 0 atom stereocenters. The minimum absolute atomic E-state index is 0.208. The van der Waals surface area contributed by atoms with Crippen LogP contribution in [0, 0.1) is 13.8 Å². The minimum atomic E-state index is -0.814. The maximum atomic E-state index is 12.5. The topological polar surface area (TPSA) is 68.7 Å². The van der Waals surface area contributed by atoms with Gasteiger partial charge in [-0.3, -0.25) is 0 Å². The van der Waals surface area contributed by atoms with Gasteiger partial charge in [0.1, 0.15) is 11.2 Å². The largest absolute Gasteiger partial charge is 0.443 e. The summed E-state index contributed by atoms with van der Waals surface area (Å²) in [6, 6.07) is 1.84. The van der Waals surface area contributed by atoms with Crippen LogP contribution in [-0.4, -0.2) is 28.4 Å². The second kappa shape index (κ2) is 6.56. The van der Waals surface area contributed by atoms with E-state index in [1.54, 1.807) is 54.7 Å². The molecule has 1 heterocycles. The number of hydrogen-bond acceptors (Lipinski definition) is 5. The highest BCUT2D eigenvalue weighted by Gasteiger charge is 2.34. The Morgan fingerprint density at radius 1 is 0.957 bits per heavy atom. The molecule has 0 N–H and O–H groups in total. The van der Waals surface area contributed by atoms with E-state index >= 15 is 0 Å². The lowest BCUT2D eigenvalue weighted by Crippen LogP contribution is -2.44. The molecule has 0 aliphatic rings. The summed E-state index contributed by atoms with van der Waals surface area (Å²) in [4.78, 5) is 30.0. The highest BCUT2D eigenvalue weighted by atomic mass is 16.6. The van der Waals surface area contributed by atoms with Crippen LogP contribution in [0.3, 0.4) is 0 Å². The third-order valence-corrected chi connectivity index (χ3v) is 2.55. The number of anilines is 1. The van der Waals surface area contributed by atoms with Crippen molar-refractivity contribution in [2.75, 3.05) is 4.90 Å². The maximum Gasteiger partial charge on any atom is 0.425 e. The molecular weight excluding hydrogens is 296 g/mol. The number of imide groups is 1. The number of carbonyl (C=O) groups is 2. The number of carbonyl (C=O) groups excluding carboxylic acids is 2. The Morgan fingerprint density at radius 3 is 1.74 bits per heavy atom.